The van der Waals surface area contributed by atoms with Crippen molar-refractivity contribution in [3.63, 3.8) is 0 Å². The van der Waals surface area contributed by atoms with Crippen LogP contribution in [0.1, 0.15) is 0 Å². The molecule has 4 N–H and O–H groups in total. The Morgan fingerprint density at radius 1 is 1.31 bits per heavy atom. The summed E-state index contributed by atoms with van der Waals surface area (Å²) in [6.07, 6.45) is -6.40. The highest BCUT2D eigenvalue weighted by Gasteiger charge is 2.47. The number of hydrogen-bond donors (Lipinski definition) is 4. The van der Waals surface area contributed by atoms with Crippen LogP contribution in [0.5, 0.6) is 0 Å². The van der Waals surface area contributed by atoms with E-state index in [2.05, 4.69) is 6.58 Å². The first kappa shape index (κ1) is 13.1. The van der Waals surface area contributed by atoms with Gasteiger partial charge in [-0.3, -0.25) is 0 Å². The Balaban J connectivity index is 2.72. The average molecular weight is 234 g/mol. The summed E-state index contributed by atoms with van der Waals surface area (Å²) < 4.78 is 9.73. The molecule has 1 heterocycles. The molecule has 0 aromatic heterocycles. The second kappa shape index (κ2) is 5.37. The second-order valence-corrected chi connectivity index (χ2v) is 3.36. The molecule has 0 aliphatic carbocycles. The number of aliphatic hydroxyl groups excluding tert-OH is 3. The molecule has 7 nitrogen and oxygen atoms in total. The first-order valence-corrected chi connectivity index (χ1v) is 4.64. The van der Waals surface area contributed by atoms with Gasteiger partial charge in [0.25, 0.3) is 0 Å². The zero-order valence-electron chi connectivity index (χ0n) is 8.39. The van der Waals surface area contributed by atoms with E-state index >= 15 is 0 Å². The average Bonchev–Trinajstić information content (AvgIpc) is 2.24. The predicted octanol–water partition coefficient (Wildman–Crippen LogP) is -1.92. The summed E-state index contributed by atoms with van der Waals surface area (Å²) in [4.78, 5) is 10.7. The SMILES string of the molecule is C=CCOC1O[C@H](C(=O)O)[C@@H](O)[C@H](O)[C@@H]1O. The van der Waals surface area contributed by atoms with Crippen molar-refractivity contribution in [2.24, 2.45) is 0 Å². The summed E-state index contributed by atoms with van der Waals surface area (Å²) in [5, 5.41) is 36.9. The molecule has 0 aromatic rings. The van der Waals surface area contributed by atoms with E-state index in [1.54, 1.807) is 0 Å². The van der Waals surface area contributed by atoms with Crippen LogP contribution in [0.15, 0.2) is 12.7 Å². The number of aliphatic hydroxyl groups is 3. The highest BCUT2D eigenvalue weighted by atomic mass is 16.7. The van der Waals surface area contributed by atoms with E-state index in [-0.39, 0.29) is 6.61 Å². The molecule has 92 valence electrons. The van der Waals surface area contributed by atoms with E-state index in [9.17, 15) is 20.1 Å². The lowest BCUT2D eigenvalue weighted by molar-refractivity contribution is -0.291. The lowest BCUT2D eigenvalue weighted by Gasteiger charge is -2.38. The molecule has 0 amide bonds. The van der Waals surface area contributed by atoms with Crippen molar-refractivity contribution in [1.29, 1.82) is 0 Å². The maximum Gasteiger partial charge on any atom is 0.335 e. The van der Waals surface area contributed by atoms with Crippen LogP contribution in [-0.2, 0) is 14.3 Å². The molecule has 0 aromatic carbocycles. The van der Waals surface area contributed by atoms with Crippen LogP contribution in [0.4, 0.5) is 0 Å². The molecule has 7 heteroatoms. The van der Waals surface area contributed by atoms with E-state index in [1.165, 1.54) is 6.08 Å². The first-order valence-electron chi connectivity index (χ1n) is 4.64. The Morgan fingerprint density at radius 3 is 2.44 bits per heavy atom. The molecular formula is C9H14O7. The van der Waals surface area contributed by atoms with E-state index in [4.69, 9.17) is 14.6 Å². The summed E-state index contributed by atoms with van der Waals surface area (Å²) in [6.45, 7) is 3.39. The minimum Gasteiger partial charge on any atom is -0.479 e. The Kier molecular flexibility index (Phi) is 4.39. The first-order chi connectivity index (χ1) is 7.49. The standard InChI is InChI=1S/C9H14O7/c1-2-3-15-9-6(12)4(10)5(11)7(16-9)8(13)14/h2,4-7,9-12H,1,3H2,(H,13,14)/t4-,5-,6-,7-,9?/m0/s1. The molecular weight excluding hydrogens is 220 g/mol. The quantitative estimate of drug-likeness (QED) is 0.419. The molecule has 0 spiro atoms. The van der Waals surface area contributed by atoms with Gasteiger partial charge in [0.1, 0.15) is 18.3 Å². The monoisotopic (exact) mass is 234 g/mol. The third kappa shape index (κ3) is 2.57. The molecule has 0 radical (unpaired) electrons. The zero-order chi connectivity index (χ0) is 12.3. The van der Waals surface area contributed by atoms with Gasteiger partial charge >= 0.3 is 5.97 Å². The summed E-state index contributed by atoms with van der Waals surface area (Å²) >= 11 is 0. The topological polar surface area (TPSA) is 116 Å². The third-order valence-corrected chi connectivity index (χ3v) is 2.19. The lowest BCUT2D eigenvalue weighted by Crippen LogP contribution is -2.60. The van der Waals surface area contributed by atoms with Crippen LogP contribution in [0.25, 0.3) is 0 Å². The fourth-order valence-corrected chi connectivity index (χ4v) is 1.35. The van der Waals surface area contributed by atoms with Gasteiger partial charge < -0.3 is 29.9 Å². The van der Waals surface area contributed by atoms with Gasteiger partial charge in [0.2, 0.25) is 0 Å². The highest BCUT2D eigenvalue weighted by Crippen LogP contribution is 2.22. The van der Waals surface area contributed by atoms with Crippen molar-refractivity contribution in [3.8, 4) is 0 Å². The van der Waals surface area contributed by atoms with Crippen molar-refractivity contribution >= 4 is 5.97 Å². The molecule has 1 aliphatic rings. The van der Waals surface area contributed by atoms with E-state index < -0.39 is 36.7 Å². The molecule has 5 atom stereocenters. The van der Waals surface area contributed by atoms with E-state index in [0.717, 1.165) is 0 Å². The number of aliphatic carboxylic acids is 1. The molecule has 0 saturated carbocycles. The number of carbonyl (C=O) groups is 1. The lowest BCUT2D eigenvalue weighted by atomic mass is 9.99. The van der Waals surface area contributed by atoms with Gasteiger partial charge in [-0.25, -0.2) is 4.79 Å². The minimum atomic E-state index is -1.70. The van der Waals surface area contributed by atoms with E-state index in [0.29, 0.717) is 0 Å². The van der Waals surface area contributed by atoms with Gasteiger partial charge in [-0.15, -0.1) is 6.58 Å². The Bertz CT molecular complexity index is 267. The smallest absolute Gasteiger partial charge is 0.335 e. The summed E-state index contributed by atoms with van der Waals surface area (Å²) in [5.41, 5.74) is 0. The van der Waals surface area contributed by atoms with Gasteiger partial charge in [-0.1, -0.05) is 6.08 Å². The third-order valence-electron chi connectivity index (χ3n) is 2.19. The second-order valence-electron chi connectivity index (χ2n) is 3.36. The van der Waals surface area contributed by atoms with Crippen LogP contribution in [0, 0.1) is 0 Å². The van der Waals surface area contributed by atoms with Crippen LogP contribution < -0.4 is 0 Å². The van der Waals surface area contributed by atoms with Crippen LogP contribution in [-0.4, -0.2) is 63.7 Å². The largest absolute Gasteiger partial charge is 0.479 e. The Morgan fingerprint density at radius 2 is 1.94 bits per heavy atom. The molecule has 1 unspecified atom stereocenters. The minimum absolute atomic E-state index is 0.0247. The molecule has 16 heavy (non-hydrogen) atoms. The molecule has 1 rings (SSSR count). The fourth-order valence-electron chi connectivity index (χ4n) is 1.35. The van der Waals surface area contributed by atoms with Gasteiger partial charge in [-0.2, -0.15) is 0 Å². The Labute approximate surface area is 91.5 Å². The number of ether oxygens (including phenoxy) is 2. The van der Waals surface area contributed by atoms with Crippen molar-refractivity contribution < 1.29 is 34.7 Å². The Hall–Kier alpha value is -0.990. The van der Waals surface area contributed by atoms with Crippen molar-refractivity contribution in [2.75, 3.05) is 6.61 Å². The molecule has 0 bridgehead atoms. The highest BCUT2D eigenvalue weighted by molar-refractivity contribution is 5.73. The number of carboxylic acids is 1. The van der Waals surface area contributed by atoms with Crippen molar-refractivity contribution in [2.45, 2.75) is 30.7 Å². The maximum absolute atomic E-state index is 10.7. The number of rotatable bonds is 4. The molecule has 1 aliphatic heterocycles. The van der Waals surface area contributed by atoms with Crippen molar-refractivity contribution in [3.05, 3.63) is 12.7 Å². The normalized spacial score (nSPS) is 39.3. The molecule has 1 fully saturated rings. The maximum atomic E-state index is 10.7. The molecule has 1 saturated heterocycles. The van der Waals surface area contributed by atoms with Crippen molar-refractivity contribution in [1.82, 2.24) is 0 Å². The van der Waals surface area contributed by atoms with Gasteiger partial charge in [0, 0.05) is 0 Å². The predicted molar refractivity (Wildman–Crippen MR) is 50.5 cm³/mol. The number of carboxylic acid groups (broad SMARTS) is 1. The zero-order valence-corrected chi connectivity index (χ0v) is 8.39. The summed E-state index contributed by atoms with van der Waals surface area (Å²) in [7, 11) is 0. The van der Waals surface area contributed by atoms with Crippen LogP contribution >= 0.6 is 0 Å². The van der Waals surface area contributed by atoms with Gasteiger partial charge in [0.05, 0.1) is 6.61 Å². The summed E-state index contributed by atoms with van der Waals surface area (Å²) in [6, 6.07) is 0. The van der Waals surface area contributed by atoms with E-state index in [1.807, 2.05) is 0 Å². The van der Waals surface area contributed by atoms with Gasteiger partial charge in [0.15, 0.2) is 12.4 Å². The fraction of sp³-hybridized carbons (Fsp3) is 0.667. The van der Waals surface area contributed by atoms with Crippen LogP contribution in [0.3, 0.4) is 0 Å². The van der Waals surface area contributed by atoms with Gasteiger partial charge in [-0.05, 0) is 0 Å². The van der Waals surface area contributed by atoms with Crippen LogP contribution in [0.2, 0.25) is 0 Å². The summed E-state index contributed by atoms with van der Waals surface area (Å²) in [5.74, 6) is -1.44. The number of hydrogen-bond acceptors (Lipinski definition) is 6.